The summed E-state index contributed by atoms with van der Waals surface area (Å²) in [6.45, 7) is 3.10. The summed E-state index contributed by atoms with van der Waals surface area (Å²) in [5.74, 6) is -2.81. The molecule has 1 aromatic heterocycles. The van der Waals surface area contributed by atoms with Gasteiger partial charge in [-0.3, -0.25) is 14.6 Å². The van der Waals surface area contributed by atoms with Gasteiger partial charge in [-0.05, 0) is 24.3 Å². The molecule has 4 rings (SSSR count). The maximum atomic E-state index is 14.0. The topological polar surface area (TPSA) is 95.6 Å². The Labute approximate surface area is 198 Å². The van der Waals surface area contributed by atoms with Gasteiger partial charge in [0, 0.05) is 39.3 Å². The van der Waals surface area contributed by atoms with E-state index in [9.17, 15) is 23.1 Å². The van der Waals surface area contributed by atoms with Gasteiger partial charge in [0.15, 0.2) is 11.5 Å². The molecule has 0 radical (unpaired) electrons. The number of alkyl halides is 3. The van der Waals surface area contributed by atoms with E-state index in [1.807, 2.05) is 4.90 Å². The second kappa shape index (κ2) is 10.1. The first kappa shape index (κ1) is 24.8. The number of phenols is 1. The lowest BCUT2D eigenvalue weighted by Crippen LogP contribution is -2.46. The Morgan fingerprint density at radius 1 is 1.03 bits per heavy atom. The van der Waals surface area contributed by atoms with Crippen molar-refractivity contribution in [2.24, 2.45) is 0 Å². The van der Waals surface area contributed by atoms with Crippen molar-refractivity contribution in [3.63, 3.8) is 0 Å². The highest BCUT2D eigenvalue weighted by Gasteiger charge is 2.41. The zero-order valence-electron chi connectivity index (χ0n) is 19.0. The van der Waals surface area contributed by atoms with E-state index in [0.717, 1.165) is 0 Å². The van der Waals surface area contributed by atoms with Crippen LogP contribution in [0.4, 0.5) is 13.2 Å². The Bertz CT molecular complexity index is 1250. The Morgan fingerprint density at radius 3 is 2.31 bits per heavy atom. The average molecular weight is 494 g/mol. The number of para-hydroxylation sites is 2. The summed E-state index contributed by atoms with van der Waals surface area (Å²) in [6.07, 6.45) is -5.04. The Balaban J connectivity index is 1.78. The van der Waals surface area contributed by atoms with E-state index in [2.05, 4.69) is 4.90 Å². The molecule has 0 saturated carbocycles. The van der Waals surface area contributed by atoms with Crippen molar-refractivity contribution in [3.05, 3.63) is 57.9 Å². The molecular weight excluding hydrogens is 469 g/mol. The van der Waals surface area contributed by atoms with Crippen LogP contribution < -0.4 is 14.9 Å². The number of aromatic hydroxyl groups is 1. The lowest BCUT2D eigenvalue weighted by molar-refractivity contribution is -0.154. The molecule has 0 bridgehead atoms. The number of aliphatic hydroxyl groups is 1. The molecule has 0 atom stereocenters. The molecule has 2 aromatic carbocycles. The first-order valence-electron chi connectivity index (χ1n) is 11.0. The number of fused-ring (bicyclic) bond motifs is 1. The third-order valence-corrected chi connectivity index (χ3v) is 5.90. The normalized spacial score (nSPS) is 15.5. The SMILES string of the molecule is COc1ccccc1Oc1c(C(F)(F)F)oc2c(CN3CCN(CCO)CC3)c(O)ccc2c1=O. The maximum absolute atomic E-state index is 14.0. The van der Waals surface area contributed by atoms with Gasteiger partial charge in [0.05, 0.1) is 24.7 Å². The smallest absolute Gasteiger partial charge is 0.453 e. The van der Waals surface area contributed by atoms with Crippen LogP contribution in [0.2, 0.25) is 0 Å². The quantitative estimate of drug-likeness (QED) is 0.516. The molecule has 1 aliphatic heterocycles. The van der Waals surface area contributed by atoms with Crippen molar-refractivity contribution < 1.29 is 37.3 Å². The third-order valence-electron chi connectivity index (χ3n) is 5.90. The van der Waals surface area contributed by atoms with Crippen LogP contribution in [0.25, 0.3) is 11.0 Å². The van der Waals surface area contributed by atoms with Crippen molar-refractivity contribution in [2.75, 3.05) is 46.4 Å². The van der Waals surface area contributed by atoms with E-state index >= 15 is 0 Å². The van der Waals surface area contributed by atoms with Crippen molar-refractivity contribution >= 4 is 11.0 Å². The van der Waals surface area contributed by atoms with Gasteiger partial charge in [-0.25, -0.2) is 0 Å². The average Bonchev–Trinajstić information content (AvgIpc) is 2.83. The summed E-state index contributed by atoms with van der Waals surface area (Å²) < 4.78 is 57.8. The minimum Gasteiger partial charge on any atom is -0.507 e. The van der Waals surface area contributed by atoms with Gasteiger partial charge in [-0.15, -0.1) is 0 Å². The Morgan fingerprint density at radius 2 is 1.69 bits per heavy atom. The number of halogens is 3. The first-order chi connectivity index (χ1) is 16.7. The molecule has 1 fully saturated rings. The van der Waals surface area contributed by atoms with Crippen LogP contribution >= 0.6 is 0 Å². The van der Waals surface area contributed by atoms with Gasteiger partial charge in [0.1, 0.15) is 11.3 Å². The monoisotopic (exact) mass is 494 g/mol. The summed E-state index contributed by atoms with van der Waals surface area (Å²) in [6, 6.07) is 8.48. The van der Waals surface area contributed by atoms with Gasteiger partial charge in [-0.2, -0.15) is 13.2 Å². The number of rotatable bonds is 7. The summed E-state index contributed by atoms with van der Waals surface area (Å²) in [5.41, 5.74) is -1.27. The Hall–Kier alpha value is -3.28. The highest BCUT2D eigenvalue weighted by atomic mass is 19.4. The minimum atomic E-state index is -5.04. The van der Waals surface area contributed by atoms with Crippen LogP contribution in [0.1, 0.15) is 11.3 Å². The van der Waals surface area contributed by atoms with Crippen LogP contribution in [-0.4, -0.2) is 66.5 Å². The van der Waals surface area contributed by atoms with Crippen molar-refractivity contribution in [2.45, 2.75) is 12.7 Å². The number of methoxy groups -OCH3 is 1. The zero-order chi connectivity index (χ0) is 25.2. The molecule has 2 N–H and O–H groups in total. The Kier molecular flexibility index (Phi) is 7.20. The molecule has 0 unspecified atom stereocenters. The van der Waals surface area contributed by atoms with Crippen molar-refractivity contribution in [1.82, 2.24) is 9.80 Å². The molecule has 1 saturated heterocycles. The number of benzene rings is 2. The largest absolute Gasteiger partial charge is 0.507 e. The van der Waals surface area contributed by atoms with Gasteiger partial charge < -0.3 is 24.1 Å². The number of nitrogens with zero attached hydrogens (tertiary/aromatic N) is 2. The molecule has 0 amide bonds. The van der Waals surface area contributed by atoms with Crippen LogP contribution in [-0.2, 0) is 12.7 Å². The summed E-state index contributed by atoms with van der Waals surface area (Å²) >= 11 is 0. The van der Waals surface area contributed by atoms with Crippen LogP contribution in [0, 0.1) is 0 Å². The molecule has 8 nitrogen and oxygen atoms in total. The zero-order valence-corrected chi connectivity index (χ0v) is 19.0. The predicted molar refractivity (Wildman–Crippen MR) is 121 cm³/mol. The fourth-order valence-corrected chi connectivity index (χ4v) is 4.07. The van der Waals surface area contributed by atoms with E-state index in [1.165, 1.54) is 37.4 Å². The lowest BCUT2D eigenvalue weighted by Gasteiger charge is -2.34. The number of hydrogen-bond donors (Lipinski definition) is 2. The van der Waals surface area contributed by atoms with Crippen molar-refractivity contribution in [1.29, 1.82) is 0 Å². The molecule has 3 aromatic rings. The fraction of sp³-hybridized carbons (Fsp3) is 0.375. The van der Waals surface area contributed by atoms with Gasteiger partial charge in [-0.1, -0.05) is 12.1 Å². The van der Waals surface area contributed by atoms with Crippen LogP contribution in [0.15, 0.2) is 45.6 Å². The molecule has 35 heavy (non-hydrogen) atoms. The molecule has 188 valence electrons. The predicted octanol–water partition coefficient (Wildman–Crippen LogP) is 3.43. The summed E-state index contributed by atoms with van der Waals surface area (Å²) in [5, 5.41) is 19.4. The molecule has 0 aliphatic carbocycles. The highest BCUT2D eigenvalue weighted by molar-refractivity contribution is 5.83. The van der Waals surface area contributed by atoms with E-state index in [-0.39, 0.29) is 46.9 Å². The second-order valence-corrected chi connectivity index (χ2v) is 8.12. The molecular formula is C24H25F3N2O6. The highest BCUT2D eigenvalue weighted by Crippen LogP contribution is 2.41. The first-order valence-corrected chi connectivity index (χ1v) is 11.0. The summed E-state index contributed by atoms with van der Waals surface area (Å²) in [7, 11) is 1.33. The number of piperazine rings is 1. The van der Waals surface area contributed by atoms with E-state index in [1.54, 1.807) is 6.07 Å². The van der Waals surface area contributed by atoms with Crippen LogP contribution in [0.3, 0.4) is 0 Å². The third kappa shape index (κ3) is 5.21. The van der Waals surface area contributed by atoms with E-state index < -0.39 is 23.1 Å². The molecule has 1 aliphatic rings. The van der Waals surface area contributed by atoms with Gasteiger partial charge >= 0.3 is 6.18 Å². The van der Waals surface area contributed by atoms with E-state index in [0.29, 0.717) is 32.7 Å². The number of ether oxygens (including phenoxy) is 2. The van der Waals surface area contributed by atoms with Crippen molar-refractivity contribution in [3.8, 4) is 23.0 Å². The standard InChI is InChI=1S/C24H25F3N2O6/c1-33-18-4-2-3-5-19(18)34-22-20(32)15-6-7-17(31)16(21(15)35-23(22)24(25,26)27)14-29-10-8-28(9-11-29)12-13-30/h2-7,30-31H,8-14H2,1H3. The van der Waals surface area contributed by atoms with Gasteiger partial charge in [0.25, 0.3) is 5.76 Å². The minimum absolute atomic E-state index is 0.0365. The number of hydrogen-bond acceptors (Lipinski definition) is 8. The number of aliphatic hydroxyl groups excluding tert-OH is 1. The van der Waals surface area contributed by atoms with Gasteiger partial charge in [0.2, 0.25) is 11.2 Å². The lowest BCUT2D eigenvalue weighted by atomic mass is 10.1. The number of phenolic OH excluding ortho intramolecular Hbond substituents is 1. The second-order valence-electron chi connectivity index (χ2n) is 8.12. The molecule has 0 spiro atoms. The van der Waals surface area contributed by atoms with E-state index in [4.69, 9.17) is 19.0 Å². The maximum Gasteiger partial charge on any atom is 0.453 e. The molecule has 2 heterocycles. The van der Waals surface area contributed by atoms with Crippen LogP contribution in [0.5, 0.6) is 23.0 Å². The number of β-amino-alcohol motifs (C(OH)–C–C–N with tert-alkyl or cyclic N) is 1. The fourth-order valence-electron chi connectivity index (χ4n) is 4.07. The molecule has 11 heteroatoms. The summed E-state index contributed by atoms with van der Waals surface area (Å²) in [4.78, 5) is 17.2.